The van der Waals surface area contributed by atoms with Crippen LogP contribution >= 0.6 is 0 Å². The number of nitrogens with one attached hydrogen (secondary N) is 1. The minimum Gasteiger partial charge on any atom is -0.363 e. The van der Waals surface area contributed by atoms with Crippen molar-refractivity contribution in [3.63, 3.8) is 0 Å². The maximum Gasteiger partial charge on any atom is 0.287 e. The van der Waals surface area contributed by atoms with Gasteiger partial charge in [0.15, 0.2) is 5.82 Å². The van der Waals surface area contributed by atoms with E-state index >= 15 is 0 Å². The molecule has 1 unspecified atom stereocenters. The molecule has 0 aliphatic heterocycles. The number of rotatable bonds is 8. The van der Waals surface area contributed by atoms with Gasteiger partial charge in [0.25, 0.3) is 11.8 Å². The second-order valence-corrected chi connectivity index (χ2v) is 8.38. The maximum absolute atomic E-state index is 13.2. The van der Waals surface area contributed by atoms with Gasteiger partial charge in [0.1, 0.15) is 0 Å². The summed E-state index contributed by atoms with van der Waals surface area (Å²) in [6.07, 6.45) is 9.02. The first-order chi connectivity index (χ1) is 16.0. The van der Waals surface area contributed by atoms with Crippen molar-refractivity contribution in [3.05, 3.63) is 66.5 Å². The Kier molecular flexibility index (Phi) is 6.92. The Labute approximate surface area is 192 Å². The minimum absolute atomic E-state index is 0.256. The van der Waals surface area contributed by atoms with Crippen molar-refractivity contribution >= 4 is 17.6 Å². The molecule has 1 fully saturated rings. The summed E-state index contributed by atoms with van der Waals surface area (Å²) in [5.41, 5.74) is 7.21. The highest BCUT2D eigenvalue weighted by Gasteiger charge is 2.30. The van der Waals surface area contributed by atoms with Gasteiger partial charge in [-0.25, -0.2) is 9.67 Å². The highest BCUT2D eigenvalue weighted by atomic mass is 16.2. The Morgan fingerprint density at radius 1 is 1.03 bits per heavy atom. The lowest BCUT2D eigenvalue weighted by Crippen LogP contribution is -2.47. The molecule has 1 aliphatic rings. The quantitative estimate of drug-likeness (QED) is 0.516. The molecule has 2 heterocycles. The molecular formula is C25H27N5O3. The third-order valence-corrected chi connectivity index (χ3v) is 6.07. The Balaban J connectivity index is 1.57. The molecule has 8 nitrogen and oxygen atoms in total. The van der Waals surface area contributed by atoms with Gasteiger partial charge in [-0.1, -0.05) is 62.4 Å². The summed E-state index contributed by atoms with van der Waals surface area (Å²) < 4.78 is 1.53. The van der Waals surface area contributed by atoms with E-state index < -0.39 is 23.6 Å². The first-order valence-electron chi connectivity index (χ1n) is 11.2. The number of Topliss-reactive ketones (excluding diaryl/α,β-unsaturated/α-hetero) is 1. The van der Waals surface area contributed by atoms with Crippen LogP contribution in [0.25, 0.3) is 17.1 Å². The average molecular weight is 446 g/mol. The van der Waals surface area contributed by atoms with Gasteiger partial charge in [0, 0.05) is 18.0 Å². The molecule has 2 aromatic heterocycles. The number of amides is 2. The topological polar surface area (TPSA) is 120 Å². The third-order valence-electron chi connectivity index (χ3n) is 6.07. The smallest absolute Gasteiger partial charge is 0.287 e. The fourth-order valence-corrected chi connectivity index (χ4v) is 4.36. The number of ketones is 1. The number of nitrogens with zero attached hydrogens (tertiary/aromatic N) is 3. The van der Waals surface area contributed by atoms with Gasteiger partial charge in [-0.15, -0.1) is 0 Å². The number of hydrogen-bond donors (Lipinski definition) is 2. The Morgan fingerprint density at radius 2 is 1.79 bits per heavy atom. The summed E-state index contributed by atoms with van der Waals surface area (Å²) in [4.78, 5) is 41.6. The minimum atomic E-state index is -1.04. The maximum atomic E-state index is 13.2. The predicted octanol–water partition coefficient (Wildman–Crippen LogP) is 3.06. The van der Waals surface area contributed by atoms with E-state index in [1.807, 2.05) is 36.4 Å². The molecule has 170 valence electrons. The van der Waals surface area contributed by atoms with Crippen molar-refractivity contribution in [1.29, 1.82) is 0 Å². The van der Waals surface area contributed by atoms with E-state index in [0.29, 0.717) is 12.2 Å². The van der Waals surface area contributed by atoms with E-state index in [4.69, 9.17) is 5.73 Å². The Bertz CT molecular complexity index is 1140. The van der Waals surface area contributed by atoms with Gasteiger partial charge in [-0.05, 0) is 30.5 Å². The number of benzene rings is 1. The van der Waals surface area contributed by atoms with Crippen LogP contribution in [0.3, 0.4) is 0 Å². The molecule has 0 bridgehead atoms. The number of hydrogen-bond acceptors (Lipinski definition) is 5. The van der Waals surface area contributed by atoms with Crippen molar-refractivity contribution < 1.29 is 14.4 Å². The summed E-state index contributed by atoms with van der Waals surface area (Å²) in [5.74, 6) is -1.70. The number of carbonyl (C=O) groups excluding carboxylic acids is 3. The van der Waals surface area contributed by atoms with Gasteiger partial charge >= 0.3 is 0 Å². The Hall–Kier alpha value is -3.81. The van der Waals surface area contributed by atoms with Crippen LogP contribution in [0.5, 0.6) is 0 Å². The van der Waals surface area contributed by atoms with Crippen LogP contribution < -0.4 is 11.1 Å². The second kappa shape index (κ2) is 10.2. The lowest BCUT2D eigenvalue weighted by molar-refractivity contribution is -0.137. The van der Waals surface area contributed by atoms with Gasteiger partial charge < -0.3 is 11.1 Å². The van der Waals surface area contributed by atoms with Crippen molar-refractivity contribution in [2.24, 2.45) is 11.7 Å². The van der Waals surface area contributed by atoms with Crippen molar-refractivity contribution in [3.8, 4) is 17.1 Å². The fourth-order valence-electron chi connectivity index (χ4n) is 4.36. The summed E-state index contributed by atoms with van der Waals surface area (Å²) in [6.45, 7) is 0. The molecule has 0 spiro atoms. The first-order valence-corrected chi connectivity index (χ1v) is 11.2. The zero-order chi connectivity index (χ0) is 23.2. The zero-order valence-electron chi connectivity index (χ0n) is 18.3. The molecule has 4 rings (SSSR count). The van der Waals surface area contributed by atoms with Gasteiger partial charge in [-0.3, -0.25) is 14.4 Å². The number of aromatic nitrogens is 3. The largest absolute Gasteiger partial charge is 0.363 e. The zero-order valence-corrected chi connectivity index (χ0v) is 18.3. The molecular weight excluding hydrogens is 418 g/mol. The van der Waals surface area contributed by atoms with E-state index in [2.05, 4.69) is 15.4 Å². The number of pyridine rings is 1. The molecule has 33 heavy (non-hydrogen) atoms. The first kappa shape index (κ1) is 22.4. The van der Waals surface area contributed by atoms with Crippen LogP contribution in [0.2, 0.25) is 0 Å². The summed E-state index contributed by atoms with van der Waals surface area (Å²) in [6, 6.07) is 13.8. The molecule has 3 aromatic rings. The van der Waals surface area contributed by atoms with Crippen LogP contribution in [-0.4, -0.2) is 38.4 Å². The lowest BCUT2D eigenvalue weighted by atomic mass is 9.84. The predicted molar refractivity (Wildman–Crippen MR) is 123 cm³/mol. The normalized spacial score (nSPS) is 15.0. The standard InChI is InChI=1S/C25H27N5O3/c26-23(32)22(31)21(16-17-8-3-1-4-9-17)28-25(33)19-12-7-14-27-24(19)30-15-13-20(29-30)18-10-5-2-6-11-18/h2,5-7,10-15,17,21H,1,3-4,8-9,16H2,(H2,26,32)(H,28,33). The van der Waals surface area contributed by atoms with Crippen LogP contribution in [0.4, 0.5) is 0 Å². The van der Waals surface area contributed by atoms with Gasteiger partial charge in [-0.2, -0.15) is 5.10 Å². The van der Waals surface area contributed by atoms with E-state index in [9.17, 15) is 14.4 Å². The van der Waals surface area contributed by atoms with Crippen LogP contribution in [0, 0.1) is 5.92 Å². The summed E-state index contributed by atoms with van der Waals surface area (Å²) in [7, 11) is 0. The van der Waals surface area contributed by atoms with Crippen LogP contribution in [0.15, 0.2) is 60.9 Å². The summed E-state index contributed by atoms with van der Waals surface area (Å²) in [5, 5.41) is 7.30. The molecule has 0 saturated heterocycles. The molecule has 8 heteroatoms. The van der Waals surface area contributed by atoms with E-state index in [1.165, 1.54) is 11.1 Å². The third kappa shape index (κ3) is 5.34. The molecule has 1 saturated carbocycles. The van der Waals surface area contributed by atoms with Gasteiger partial charge in [0.2, 0.25) is 5.78 Å². The van der Waals surface area contributed by atoms with E-state index in [-0.39, 0.29) is 11.5 Å². The number of nitrogens with two attached hydrogens (primary N) is 1. The molecule has 3 N–H and O–H groups in total. The van der Waals surface area contributed by atoms with Crippen molar-refractivity contribution in [2.75, 3.05) is 0 Å². The SMILES string of the molecule is NC(=O)C(=O)C(CC1CCCCC1)NC(=O)c1cccnc1-n1ccc(-c2ccccc2)n1. The van der Waals surface area contributed by atoms with E-state index in [1.54, 1.807) is 24.5 Å². The van der Waals surface area contributed by atoms with E-state index in [0.717, 1.165) is 36.9 Å². The molecule has 1 aromatic carbocycles. The number of primary amides is 1. The fraction of sp³-hybridized carbons (Fsp3) is 0.320. The van der Waals surface area contributed by atoms with Crippen LogP contribution in [0.1, 0.15) is 48.9 Å². The molecule has 0 radical (unpaired) electrons. The van der Waals surface area contributed by atoms with Crippen LogP contribution in [-0.2, 0) is 9.59 Å². The highest BCUT2D eigenvalue weighted by Crippen LogP contribution is 2.28. The van der Waals surface area contributed by atoms with Crippen molar-refractivity contribution in [1.82, 2.24) is 20.1 Å². The van der Waals surface area contributed by atoms with Crippen molar-refractivity contribution in [2.45, 2.75) is 44.6 Å². The molecule has 1 atom stereocenters. The second-order valence-electron chi connectivity index (χ2n) is 8.38. The summed E-state index contributed by atoms with van der Waals surface area (Å²) >= 11 is 0. The highest BCUT2D eigenvalue weighted by molar-refractivity contribution is 6.38. The molecule has 1 aliphatic carbocycles. The average Bonchev–Trinajstić information content (AvgIpc) is 3.34. The number of carbonyl (C=O) groups is 3. The van der Waals surface area contributed by atoms with Gasteiger partial charge in [0.05, 0.1) is 17.3 Å². The molecule has 2 amide bonds. The lowest BCUT2D eigenvalue weighted by Gasteiger charge is -2.26. The Morgan fingerprint density at radius 3 is 2.52 bits per heavy atom. The monoisotopic (exact) mass is 445 g/mol.